The SMILES string of the molecule is CC(C)n1nc(N2CCC(N3CCN(Cc4cc(F)c5c(c4)CN(C4CCC(=O)NC4=O)C5=O)CC3)CC2)c2cnc(Nc3ccnc(-c4cnn(S(=O)(=O)C5CC5)c4)n3)cc21. The van der Waals surface area contributed by atoms with Gasteiger partial charge in [-0.05, 0) is 69.2 Å². The summed E-state index contributed by atoms with van der Waals surface area (Å²) in [6.07, 6.45) is 10.1. The van der Waals surface area contributed by atoms with Crippen molar-refractivity contribution in [1.29, 1.82) is 0 Å². The molecule has 1 unspecified atom stereocenters. The Bertz CT molecular complexity index is 2700. The zero-order valence-electron chi connectivity index (χ0n) is 34.6. The molecule has 324 valence electrons. The van der Waals surface area contributed by atoms with Gasteiger partial charge in [-0.15, -0.1) is 0 Å². The summed E-state index contributed by atoms with van der Waals surface area (Å²) in [5.74, 6) is 0.443. The second-order valence-electron chi connectivity index (χ2n) is 17.2. The van der Waals surface area contributed by atoms with Crippen LogP contribution in [0.25, 0.3) is 22.3 Å². The molecule has 5 aliphatic rings. The van der Waals surface area contributed by atoms with Gasteiger partial charge in [-0.25, -0.2) is 27.8 Å². The molecule has 0 radical (unpaired) electrons. The van der Waals surface area contributed by atoms with E-state index in [0.717, 1.165) is 78.5 Å². The Balaban J connectivity index is 0.750. The van der Waals surface area contributed by atoms with E-state index in [4.69, 9.17) is 10.1 Å². The molecule has 0 bridgehead atoms. The number of piperidine rings is 2. The number of hydrogen-bond acceptors (Lipinski definition) is 14. The maximum Gasteiger partial charge on any atom is 0.258 e. The van der Waals surface area contributed by atoms with Gasteiger partial charge in [0.15, 0.2) is 11.6 Å². The summed E-state index contributed by atoms with van der Waals surface area (Å²) in [4.78, 5) is 59.6. The van der Waals surface area contributed by atoms with Crippen molar-refractivity contribution in [2.24, 2.45) is 0 Å². The van der Waals surface area contributed by atoms with Crippen LogP contribution >= 0.6 is 0 Å². The van der Waals surface area contributed by atoms with Crippen molar-refractivity contribution >= 4 is 56.1 Å². The van der Waals surface area contributed by atoms with Crippen LogP contribution in [0.15, 0.2) is 49.1 Å². The molecule has 2 N–H and O–H groups in total. The molecule has 0 spiro atoms. The molecule has 1 saturated carbocycles. The fraction of sp³-hybridized carbons (Fsp3) is 0.476. The van der Waals surface area contributed by atoms with E-state index in [0.29, 0.717) is 54.0 Å². The van der Waals surface area contributed by atoms with Crippen molar-refractivity contribution in [3.63, 3.8) is 0 Å². The molecule has 4 aliphatic heterocycles. The number of amides is 3. The first-order valence-corrected chi connectivity index (χ1v) is 22.8. The van der Waals surface area contributed by atoms with Gasteiger partial charge in [0.05, 0.1) is 39.7 Å². The number of benzene rings is 1. The second-order valence-corrected chi connectivity index (χ2v) is 19.3. The monoisotopic (exact) mass is 865 g/mol. The Labute approximate surface area is 357 Å². The third-order valence-corrected chi connectivity index (χ3v) is 14.8. The topological polar surface area (TPSA) is 197 Å². The summed E-state index contributed by atoms with van der Waals surface area (Å²) in [6, 6.07) is 6.82. The maximum atomic E-state index is 15.4. The molecule has 5 aromatic rings. The summed E-state index contributed by atoms with van der Waals surface area (Å²) in [5.41, 5.74) is 2.87. The molecule has 4 aromatic heterocycles. The highest BCUT2D eigenvalue weighted by Crippen LogP contribution is 2.35. The van der Waals surface area contributed by atoms with Crippen molar-refractivity contribution in [1.82, 2.24) is 53.9 Å². The third kappa shape index (κ3) is 7.57. The van der Waals surface area contributed by atoms with Crippen LogP contribution in [0, 0.1) is 5.82 Å². The number of imide groups is 1. The van der Waals surface area contributed by atoms with Crippen LogP contribution in [0.3, 0.4) is 0 Å². The van der Waals surface area contributed by atoms with E-state index in [1.165, 1.54) is 23.4 Å². The van der Waals surface area contributed by atoms with Gasteiger partial charge in [0.2, 0.25) is 11.8 Å². The van der Waals surface area contributed by atoms with E-state index in [1.807, 2.05) is 23.0 Å². The van der Waals surface area contributed by atoms with E-state index in [-0.39, 0.29) is 42.1 Å². The average molecular weight is 866 g/mol. The number of pyridine rings is 1. The van der Waals surface area contributed by atoms with E-state index >= 15 is 4.39 Å². The van der Waals surface area contributed by atoms with Gasteiger partial charge in [0.1, 0.15) is 23.5 Å². The smallest absolute Gasteiger partial charge is 0.258 e. The van der Waals surface area contributed by atoms with Gasteiger partial charge in [-0.2, -0.15) is 14.3 Å². The molecule has 62 heavy (non-hydrogen) atoms. The number of anilines is 3. The van der Waals surface area contributed by atoms with Gasteiger partial charge in [-0.1, -0.05) is 6.07 Å². The van der Waals surface area contributed by atoms with Gasteiger partial charge < -0.3 is 15.1 Å². The predicted molar refractivity (Wildman–Crippen MR) is 226 cm³/mol. The number of carbonyl (C=O) groups is 3. The largest absolute Gasteiger partial charge is 0.354 e. The van der Waals surface area contributed by atoms with Crippen LogP contribution in [-0.4, -0.2) is 131 Å². The van der Waals surface area contributed by atoms with Crippen molar-refractivity contribution < 1.29 is 27.2 Å². The Kier molecular flexibility index (Phi) is 10.3. The lowest BCUT2D eigenvalue weighted by Gasteiger charge is -2.43. The minimum Gasteiger partial charge on any atom is -0.354 e. The molecular formula is C42H48FN13O5S. The lowest BCUT2D eigenvalue weighted by Crippen LogP contribution is -2.53. The van der Waals surface area contributed by atoms with Crippen molar-refractivity contribution in [2.75, 3.05) is 49.5 Å². The lowest BCUT2D eigenvalue weighted by molar-refractivity contribution is -0.136. The Hall–Kier alpha value is -5.86. The van der Waals surface area contributed by atoms with E-state index in [1.54, 1.807) is 12.3 Å². The first-order valence-electron chi connectivity index (χ1n) is 21.3. The van der Waals surface area contributed by atoms with Crippen molar-refractivity contribution in [3.05, 3.63) is 71.6 Å². The normalized spacial score (nSPS) is 20.7. The highest BCUT2D eigenvalue weighted by Gasteiger charge is 2.41. The van der Waals surface area contributed by atoms with E-state index in [9.17, 15) is 22.8 Å². The fourth-order valence-electron chi connectivity index (χ4n) is 9.29. The molecule has 3 saturated heterocycles. The first-order chi connectivity index (χ1) is 29.9. The molecule has 4 fully saturated rings. The van der Waals surface area contributed by atoms with Gasteiger partial charge in [0.25, 0.3) is 15.9 Å². The number of piperazine rings is 1. The summed E-state index contributed by atoms with van der Waals surface area (Å²) in [5, 5.41) is 15.4. The number of nitrogens with zero attached hydrogens (tertiary/aromatic N) is 11. The maximum absolute atomic E-state index is 15.4. The number of fused-ring (bicyclic) bond motifs is 2. The third-order valence-electron chi connectivity index (χ3n) is 12.7. The molecule has 1 aliphatic carbocycles. The number of aromatic nitrogens is 7. The van der Waals surface area contributed by atoms with Crippen LogP contribution in [0.4, 0.5) is 21.8 Å². The molecule has 20 heteroatoms. The molecular weight excluding hydrogens is 818 g/mol. The van der Waals surface area contributed by atoms with Crippen molar-refractivity contribution in [2.45, 2.75) is 88.8 Å². The number of hydrogen-bond donors (Lipinski definition) is 2. The van der Waals surface area contributed by atoms with Gasteiger partial charge in [-0.3, -0.25) is 34.2 Å². The fourth-order valence-corrected chi connectivity index (χ4v) is 10.8. The highest BCUT2D eigenvalue weighted by molar-refractivity contribution is 7.90. The van der Waals surface area contributed by atoms with E-state index in [2.05, 4.69) is 54.2 Å². The van der Waals surface area contributed by atoms with Crippen LogP contribution in [0.5, 0.6) is 0 Å². The van der Waals surface area contributed by atoms with Crippen LogP contribution < -0.4 is 15.5 Å². The van der Waals surface area contributed by atoms with Crippen LogP contribution in [0.1, 0.15) is 79.9 Å². The summed E-state index contributed by atoms with van der Waals surface area (Å²) < 4.78 is 43.7. The summed E-state index contributed by atoms with van der Waals surface area (Å²) >= 11 is 0. The number of rotatable bonds is 11. The molecule has 18 nitrogen and oxygen atoms in total. The molecule has 1 atom stereocenters. The Morgan fingerprint density at radius 2 is 1.73 bits per heavy atom. The number of nitrogens with one attached hydrogen (secondary N) is 2. The molecule has 1 aromatic carbocycles. The highest BCUT2D eigenvalue weighted by atomic mass is 32.2. The van der Waals surface area contributed by atoms with Gasteiger partial charge in [0, 0.05) is 89.3 Å². The average Bonchev–Trinajstić information content (AvgIpc) is 3.74. The molecule has 3 amide bonds. The summed E-state index contributed by atoms with van der Waals surface area (Å²) in [7, 11) is -3.50. The number of carbonyl (C=O) groups excluding carboxylic acids is 3. The molecule has 10 rings (SSSR count). The van der Waals surface area contributed by atoms with Gasteiger partial charge >= 0.3 is 0 Å². The summed E-state index contributed by atoms with van der Waals surface area (Å²) in [6.45, 7) is 10.2. The quantitative estimate of drug-likeness (QED) is 0.183. The second kappa shape index (κ2) is 15.8. The standard InChI is InChI=1S/C42H48FN13O5S/c1-25(2)56-34-19-36(47-35-7-10-44-39(48-35)28-20-46-55(24-28)62(60,61)30-3-4-30)45-21-31(34)40(50-56)53-11-8-29(9-12-53)52-15-13-51(14-16-52)22-26-17-27-23-54(42(59)38(27)32(43)18-26)33-5-6-37(57)49-41(33)58/h7,10,17-21,24-25,29-30,33H,3-6,8-9,11-16,22-23H2,1-2H3,(H,49,57,58)(H,44,45,47,48). The first kappa shape index (κ1) is 40.2. The van der Waals surface area contributed by atoms with Crippen molar-refractivity contribution in [3.8, 4) is 11.4 Å². The Morgan fingerprint density at radius 3 is 2.47 bits per heavy atom. The zero-order chi connectivity index (χ0) is 42.9. The van der Waals surface area contributed by atoms with E-state index < -0.39 is 33.7 Å². The number of halogens is 1. The zero-order valence-corrected chi connectivity index (χ0v) is 35.4. The van der Waals surface area contributed by atoms with Crippen LogP contribution in [0.2, 0.25) is 0 Å². The Morgan fingerprint density at radius 1 is 0.935 bits per heavy atom. The minimum atomic E-state index is -3.50. The van der Waals surface area contributed by atoms with Crippen LogP contribution in [-0.2, 0) is 32.7 Å². The minimum absolute atomic E-state index is 0.0260. The lowest BCUT2D eigenvalue weighted by atomic mass is 10.0. The predicted octanol–water partition coefficient (Wildman–Crippen LogP) is 3.44. The molecule has 8 heterocycles.